The van der Waals surface area contributed by atoms with E-state index in [1.165, 1.54) is 0 Å². The maximum atomic E-state index is 12.2. The fourth-order valence-corrected chi connectivity index (χ4v) is 2.54. The first-order valence-corrected chi connectivity index (χ1v) is 7.99. The Balaban J connectivity index is 1.68. The quantitative estimate of drug-likeness (QED) is 0.668. The summed E-state index contributed by atoms with van der Waals surface area (Å²) in [4.78, 5) is 16.4. The molecule has 122 valence electrons. The van der Waals surface area contributed by atoms with Crippen molar-refractivity contribution in [1.82, 2.24) is 10.1 Å². The van der Waals surface area contributed by atoms with Gasteiger partial charge >= 0.3 is 5.97 Å². The maximum Gasteiger partial charge on any atom is 0.340 e. The minimum absolute atomic E-state index is 0.0854. The van der Waals surface area contributed by atoms with Crippen LogP contribution in [0, 0.1) is 0 Å². The number of rotatable bonds is 5. The number of hydrogen-bond donors (Lipinski definition) is 1. The van der Waals surface area contributed by atoms with Crippen molar-refractivity contribution in [3.63, 3.8) is 0 Å². The second-order valence-corrected chi connectivity index (χ2v) is 5.81. The van der Waals surface area contributed by atoms with Crippen LogP contribution >= 0.6 is 15.9 Å². The van der Waals surface area contributed by atoms with Gasteiger partial charge in [-0.15, -0.1) is 0 Å². The Morgan fingerprint density at radius 1 is 1.25 bits per heavy atom. The molecule has 0 saturated carbocycles. The summed E-state index contributed by atoms with van der Waals surface area (Å²) in [5.74, 6) is 0.223. The summed E-state index contributed by atoms with van der Waals surface area (Å²) in [6, 6.07) is 14.6. The summed E-state index contributed by atoms with van der Waals surface area (Å²) >= 11 is 3.39. The van der Waals surface area contributed by atoms with E-state index in [2.05, 4.69) is 31.4 Å². The average Bonchev–Trinajstić information content (AvgIpc) is 3.08. The average molecular weight is 388 g/mol. The van der Waals surface area contributed by atoms with Crippen LogP contribution in [0.3, 0.4) is 0 Å². The van der Waals surface area contributed by atoms with Gasteiger partial charge < -0.3 is 14.6 Å². The highest BCUT2D eigenvalue weighted by atomic mass is 79.9. The molecule has 6 nitrogen and oxygen atoms in total. The van der Waals surface area contributed by atoms with Gasteiger partial charge in [0, 0.05) is 22.8 Å². The Kier molecular flexibility index (Phi) is 4.90. The summed E-state index contributed by atoms with van der Waals surface area (Å²) in [5, 5.41) is 6.85. The molecule has 1 aromatic heterocycles. The third-order valence-corrected chi connectivity index (χ3v) is 3.79. The van der Waals surface area contributed by atoms with Crippen LogP contribution in [-0.2, 0) is 11.3 Å². The van der Waals surface area contributed by atoms with E-state index in [9.17, 15) is 4.79 Å². The first-order chi connectivity index (χ1) is 11.7. The van der Waals surface area contributed by atoms with Crippen LogP contribution in [0.1, 0.15) is 16.2 Å². The number of para-hydroxylation sites is 1. The minimum Gasteiger partial charge on any atom is -0.452 e. The highest BCUT2D eigenvalue weighted by Gasteiger charge is 2.14. The molecular weight excluding hydrogens is 374 g/mol. The van der Waals surface area contributed by atoms with Gasteiger partial charge in [-0.3, -0.25) is 0 Å². The minimum atomic E-state index is -0.456. The number of nitrogens with zero attached hydrogens (tertiary/aromatic N) is 2. The number of carbonyl (C=O) groups is 1. The highest BCUT2D eigenvalue weighted by Crippen LogP contribution is 2.21. The van der Waals surface area contributed by atoms with Crippen molar-refractivity contribution in [2.45, 2.75) is 6.61 Å². The number of anilines is 1. The molecular formula is C17H14BrN3O3. The Hall–Kier alpha value is -2.67. The van der Waals surface area contributed by atoms with Crippen molar-refractivity contribution in [3.05, 3.63) is 64.5 Å². The van der Waals surface area contributed by atoms with Crippen molar-refractivity contribution in [3.8, 4) is 11.4 Å². The van der Waals surface area contributed by atoms with E-state index < -0.39 is 5.97 Å². The Labute approximate surface area is 147 Å². The molecule has 0 bridgehead atoms. The molecule has 0 unspecified atom stereocenters. The summed E-state index contributed by atoms with van der Waals surface area (Å²) in [5.41, 5.74) is 1.96. The third-order valence-electron chi connectivity index (χ3n) is 3.29. The van der Waals surface area contributed by atoms with Crippen molar-refractivity contribution in [2.75, 3.05) is 12.4 Å². The van der Waals surface area contributed by atoms with Crippen LogP contribution in [-0.4, -0.2) is 23.2 Å². The van der Waals surface area contributed by atoms with Gasteiger partial charge in [0.1, 0.15) is 0 Å². The van der Waals surface area contributed by atoms with Crippen LogP contribution in [0.25, 0.3) is 11.4 Å². The summed E-state index contributed by atoms with van der Waals surface area (Å²) < 4.78 is 11.3. The van der Waals surface area contributed by atoms with E-state index >= 15 is 0 Å². The molecule has 1 heterocycles. The predicted octanol–water partition coefficient (Wildman–Crippen LogP) is 3.90. The summed E-state index contributed by atoms with van der Waals surface area (Å²) in [6.45, 7) is -0.0854. The first kappa shape index (κ1) is 16.2. The van der Waals surface area contributed by atoms with Gasteiger partial charge in [0.05, 0.1) is 5.56 Å². The van der Waals surface area contributed by atoms with Crippen LogP contribution in [0.5, 0.6) is 0 Å². The second-order valence-electron chi connectivity index (χ2n) is 4.89. The topological polar surface area (TPSA) is 77.2 Å². The molecule has 0 aliphatic heterocycles. The smallest absolute Gasteiger partial charge is 0.340 e. The highest BCUT2D eigenvalue weighted by molar-refractivity contribution is 9.10. The molecule has 7 heteroatoms. The van der Waals surface area contributed by atoms with Gasteiger partial charge in [0.15, 0.2) is 6.61 Å². The van der Waals surface area contributed by atoms with E-state index in [1.54, 1.807) is 25.2 Å². The molecule has 0 saturated heterocycles. The normalized spacial score (nSPS) is 10.4. The molecule has 1 N–H and O–H groups in total. The number of esters is 1. The molecule has 0 aliphatic carbocycles. The van der Waals surface area contributed by atoms with E-state index in [1.807, 2.05) is 30.3 Å². The molecule has 0 radical (unpaired) electrons. The van der Waals surface area contributed by atoms with Crippen LogP contribution in [0.2, 0.25) is 0 Å². The van der Waals surface area contributed by atoms with Gasteiger partial charge in [0.25, 0.3) is 5.89 Å². The number of benzene rings is 2. The zero-order valence-electron chi connectivity index (χ0n) is 12.8. The molecule has 0 atom stereocenters. The van der Waals surface area contributed by atoms with Crippen molar-refractivity contribution in [2.24, 2.45) is 0 Å². The van der Waals surface area contributed by atoms with Gasteiger partial charge in [-0.25, -0.2) is 4.79 Å². The largest absolute Gasteiger partial charge is 0.452 e. The maximum absolute atomic E-state index is 12.2. The first-order valence-electron chi connectivity index (χ1n) is 7.20. The lowest BCUT2D eigenvalue weighted by atomic mass is 10.2. The van der Waals surface area contributed by atoms with E-state index in [0.717, 1.165) is 10.0 Å². The lowest BCUT2D eigenvalue weighted by molar-refractivity contribution is 0.0431. The van der Waals surface area contributed by atoms with Crippen molar-refractivity contribution < 1.29 is 14.1 Å². The summed E-state index contributed by atoms with van der Waals surface area (Å²) in [6.07, 6.45) is 0. The Morgan fingerprint density at radius 3 is 2.88 bits per heavy atom. The van der Waals surface area contributed by atoms with Crippen molar-refractivity contribution >= 4 is 27.6 Å². The van der Waals surface area contributed by atoms with Gasteiger partial charge in [0.2, 0.25) is 5.82 Å². The van der Waals surface area contributed by atoms with Crippen LogP contribution in [0.15, 0.2) is 57.5 Å². The summed E-state index contributed by atoms with van der Waals surface area (Å²) in [7, 11) is 1.74. The molecule has 3 rings (SSSR count). The standard InChI is InChI=1S/C17H14BrN3O3/c1-19-14-8-3-2-7-13(14)17(22)23-10-15-20-16(21-24-15)11-5-4-6-12(18)9-11/h2-9,19H,10H2,1H3. The predicted molar refractivity (Wildman–Crippen MR) is 92.5 cm³/mol. The number of hydrogen-bond acceptors (Lipinski definition) is 6. The number of aromatic nitrogens is 2. The van der Waals surface area contributed by atoms with Gasteiger partial charge in [-0.05, 0) is 24.3 Å². The SMILES string of the molecule is CNc1ccccc1C(=O)OCc1nc(-c2cccc(Br)c2)no1. The number of ether oxygens (including phenoxy) is 1. The molecule has 3 aromatic rings. The monoisotopic (exact) mass is 387 g/mol. The molecule has 0 spiro atoms. The zero-order valence-corrected chi connectivity index (χ0v) is 14.4. The molecule has 24 heavy (non-hydrogen) atoms. The lowest BCUT2D eigenvalue weighted by Crippen LogP contribution is -2.08. The van der Waals surface area contributed by atoms with E-state index in [4.69, 9.17) is 9.26 Å². The third kappa shape index (κ3) is 3.62. The van der Waals surface area contributed by atoms with Gasteiger partial charge in [-0.2, -0.15) is 4.98 Å². The van der Waals surface area contributed by atoms with E-state index in [-0.39, 0.29) is 12.5 Å². The molecule has 0 amide bonds. The number of nitrogens with one attached hydrogen (secondary N) is 1. The fourth-order valence-electron chi connectivity index (χ4n) is 2.14. The molecule has 0 aliphatic rings. The Morgan fingerprint density at radius 2 is 2.08 bits per heavy atom. The molecule has 0 fully saturated rings. The van der Waals surface area contributed by atoms with Crippen LogP contribution < -0.4 is 5.32 Å². The number of halogens is 1. The fraction of sp³-hybridized carbons (Fsp3) is 0.118. The Bertz CT molecular complexity index is 864. The van der Waals surface area contributed by atoms with Gasteiger partial charge in [-0.1, -0.05) is 45.4 Å². The number of carbonyl (C=O) groups excluding carboxylic acids is 1. The molecule has 2 aromatic carbocycles. The lowest BCUT2D eigenvalue weighted by Gasteiger charge is -2.07. The van der Waals surface area contributed by atoms with Crippen LogP contribution in [0.4, 0.5) is 5.69 Å². The van der Waals surface area contributed by atoms with E-state index in [0.29, 0.717) is 17.1 Å². The van der Waals surface area contributed by atoms with Crippen molar-refractivity contribution in [1.29, 1.82) is 0 Å². The second kappa shape index (κ2) is 7.27. The zero-order chi connectivity index (χ0) is 16.9.